The van der Waals surface area contributed by atoms with Crippen LogP contribution in [0.15, 0.2) is 48.5 Å². The van der Waals surface area contributed by atoms with Gasteiger partial charge < -0.3 is 0 Å². The molecule has 0 nitrogen and oxygen atoms in total. The van der Waals surface area contributed by atoms with Crippen molar-refractivity contribution >= 4 is 11.6 Å². The van der Waals surface area contributed by atoms with E-state index < -0.39 is 0 Å². The molecule has 2 aromatic carbocycles. The first-order valence-corrected chi connectivity index (χ1v) is 13.0. The molecule has 4 atom stereocenters. The fourth-order valence-corrected chi connectivity index (χ4v) is 6.05. The summed E-state index contributed by atoms with van der Waals surface area (Å²) in [7, 11) is 0. The molecule has 0 bridgehead atoms. The van der Waals surface area contributed by atoms with Crippen LogP contribution in [-0.2, 0) is 0 Å². The van der Waals surface area contributed by atoms with Crippen molar-refractivity contribution in [3.05, 3.63) is 70.2 Å². The molecule has 0 saturated heterocycles. The highest BCUT2D eigenvalue weighted by Gasteiger charge is 2.35. The van der Waals surface area contributed by atoms with Crippen LogP contribution in [-0.4, -0.2) is 0 Å². The van der Waals surface area contributed by atoms with Gasteiger partial charge in [-0.05, 0) is 97.7 Å². The third-order valence-corrected chi connectivity index (χ3v) is 8.02. The molecular weight excluding hydrogens is 396 g/mol. The van der Waals surface area contributed by atoms with Crippen LogP contribution in [0.3, 0.4) is 0 Å². The summed E-state index contributed by atoms with van der Waals surface area (Å²) in [6.07, 6.45) is 15.9. The highest BCUT2D eigenvalue weighted by molar-refractivity contribution is 6.30. The minimum atomic E-state index is 0.751. The summed E-state index contributed by atoms with van der Waals surface area (Å²) in [6, 6.07) is 16.8. The number of hydrogen-bond acceptors (Lipinski definition) is 0. The SMILES string of the molecule is CCCCCCC1CC[C@@H]2C[C@H](c3ccc(C#Cc4ccc(Cl)cc4)cc3)CC[C@@H]2C1. The Hall–Kier alpha value is -1.71. The summed E-state index contributed by atoms with van der Waals surface area (Å²) in [6.45, 7) is 2.31. The molecule has 0 radical (unpaired) electrons. The van der Waals surface area contributed by atoms with Crippen LogP contribution in [0.2, 0.25) is 5.02 Å². The molecule has 0 N–H and O–H groups in total. The fraction of sp³-hybridized carbons (Fsp3) is 0.533. The molecule has 0 spiro atoms. The van der Waals surface area contributed by atoms with E-state index in [1.54, 1.807) is 0 Å². The minimum absolute atomic E-state index is 0.751. The highest BCUT2D eigenvalue weighted by atomic mass is 35.5. The van der Waals surface area contributed by atoms with Crippen LogP contribution < -0.4 is 0 Å². The first kappa shape index (κ1) is 22.5. The van der Waals surface area contributed by atoms with Gasteiger partial charge in [0.25, 0.3) is 0 Å². The molecular formula is C30H37Cl. The normalized spacial score (nSPS) is 25.4. The van der Waals surface area contributed by atoms with Crippen LogP contribution in [0.5, 0.6) is 0 Å². The Labute approximate surface area is 194 Å². The first-order chi connectivity index (χ1) is 15.2. The third-order valence-electron chi connectivity index (χ3n) is 7.77. The maximum Gasteiger partial charge on any atom is 0.0406 e. The van der Waals surface area contributed by atoms with Gasteiger partial charge in [0.15, 0.2) is 0 Å². The molecule has 2 aliphatic rings. The van der Waals surface area contributed by atoms with E-state index in [0.29, 0.717) is 0 Å². The molecule has 0 aliphatic heterocycles. The zero-order chi connectivity index (χ0) is 21.5. The molecule has 0 amide bonds. The molecule has 164 valence electrons. The molecule has 2 fully saturated rings. The number of rotatable bonds is 6. The van der Waals surface area contributed by atoms with E-state index in [0.717, 1.165) is 39.8 Å². The molecule has 0 aromatic heterocycles. The van der Waals surface area contributed by atoms with Crippen molar-refractivity contribution in [2.75, 3.05) is 0 Å². The number of hydrogen-bond donors (Lipinski definition) is 0. The maximum absolute atomic E-state index is 5.95. The Bertz CT molecular complexity index is 867. The van der Waals surface area contributed by atoms with Gasteiger partial charge in [-0.2, -0.15) is 0 Å². The second-order valence-electron chi connectivity index (χ2n) is 9.94. The van der Waals surface area contributed by atoms with Gasteiger partial charge in [-0.1, -0.05) is 81.0 Å². The standard InChI is InChI=1S/C30H37Cl/c1-2-3-4-5-6-25-11-16-29-22-28(18-17-27(29)21-25)26-14-9-23(10-15-26)7-8-24-12-19-30(31)20-13-24/h9-10,12-15,19-20,25,27-29H,2-6,11,16-18,21-22H2,1H3/t25?,27-,28-,29-/m1/s1. The van der Waals surface area contributed by atoms with Crippen molar-refractivity contribution in [1.29, 1.82) is 0 Å². The highest BCUT2D eigenvalue weighted by Crippen LogP contribution is 2.48. The van der Waals surface area contributed by atoms with Crippen LogP contribution in [0, 0.1) is 29.6 Å². The van der Waals surface area contributed by atoms with E-state index in [4.69, 9.17) is 11.6 Å². The van der Waals surface area contributed by atoms with Gasteiger partial charge in [0.1, 0.15) is 0 Å². The lowest BCUT2D eigenvalue weighted by molar-refractivity contribution is 0.113. The van der Waals surface area contributed by atoms with Gasteiger partial charge in [-0.15, -0.1) is 0 Å². The second-order valence-corrected chi connectivity index (χ2v) is 10.4. The average molecular weight is 433 g/mol. The predicted molar refractivity (Wildman–Crippen MR) is 134 cm³/mol. The zero-order valence-electron chi connectivity index (χ0n) is 19.1. The average Bonchev–Trinajstić information content (AvgIpc) is 2.81. The lowest BCUT2D eigenvalue weighted by Crippen LogP contribution is -2.30. The van der Waals surface area contributed by atoms with E-state index in [2.05, 4.69) is 43.0 Å². The Kier molecular flexibility index (Phi) is 8.15. The van der Waals surface area contributed by atoms with Crippen molar-refractivity contribution < 1.29 is 0 Å². The smallest absolute Gasteiger partial charge is 0.0406 e. The molecule has 1 unspecified atom stereocenters. The van der Waals surface area contributed by atoms with Crippen LogP contribution >= 0.6 is 11.6 Å². The van der Waals surface area contributed by atoms with Gasteiger partial charge in [-0.3, -0.25) is 0 Å². The maximum atomic E-state index is 5.95. The molecule has 31 heavy (non-hydrogen) atoms. The van der Waals surface area contributed by atoms with Crippen molar-refractivity contribution in [3.8, 4) is 11.8 Å². The topological polar surface area (TPSA) is 0 Å². The quantitative estimate of drug-likeness (QED) is 0.315. The summed E-state index contributed by atoms with van der Waals surface area (Å²) < 4.78 is 0. The van der Waals surface area contributed by atoms with E-state index >= 15 is 0 Å². The summed E-state index contributed by atoms with van der Waals surface area (Å²) in [5.74, 6) is 10.3. The molecule has 2 aliphatic carbocycles. The Morgan fingerprint density at radius 1 is 0.742 bits per heavy atom. The van der Waals surface area contributed by atoms with Crippen LogP contribution in [0.1, 0.15) is 100 Å². The van der Waals surface area contributed by atoms with Crippen molar-refractivity contribution in [2.45, 2.75) is 83.5 Å². The molecule has 1 heteroatoms. The Morgan fingerprint density at radius 2 is 1.39 bits per heavy atom. The number of halogens is 1. The third kappa shape index (κ3) is 6.40. The van der Waals surface area contributed by atoms with Gasteiger partial charge in [0, 0.05) is 16.1 Å². The largest absolute Gasteiger partial charge is 0.0843 e. The first-order valence-electron chi connectivity index (χ1n) is 12.6. The monoisotopic (exact) mass is 432 g/mol. The molecule has 0 heterocycles. The summed E-state index contributed by atoms with van der Waals surface area (Å²) in [5, 5.41) is 0.755. The summed E-state index contributed by atoms with van der Waals surface area (Å²) >= 11 is 5.95. The van der Waals surface area contributed by atoms with Crippen LogP contribution in [0.4, 0.5) is 0 Å². The fourth-order valence-electron chi connectivity index (χ4n) is 5.93. The van der Waals surface area contributed by atoms with Gasteiger partial charge in [0.05, 0.1) is 0 Å². The summed E-state index contributed by atoms with van der Waals surface area (Å²) in [4.78, 5) is 0. The lowest BCUT2D eigenvalue weighted by atomic mass is 9.63. The molecule has 4 rings (SSSR count). The Morgan fingerprint density at radius 3 is 2.10 bits per heavy atom. The Balaban J connectivity index is 1.28. The van der Waals surface area contributed by atoms with E-state index in [1.165, 1.54) is 76.2 Å². The predicted octanol–water partition coefficient (Wildman–Crippen LogP) is 9.01. The number of unbranched alkanes of at least 4 members (excludes halogenated alkanes) is 3. The van der Waals surface area contributed by atoms with Gasteiger partial charge >= 0.3 is 0 Å². The summed E-state index contributed by atoms with van der Waals surface area (Å²) in [5.41, 5.74) is 3.63. The lowest BCUT2D eigenvalue weighted by Gasteiger charge is -2.42. The zero-order valence-corrected chi connectivity index (χ0v) is 19.8. The van der Waals surface area contributed by atoms with Crippen molar-refractivity contribution in [1.82, 2.24) is 0 Å². The number of fused-ring (bicyclic) bond motifs is 1. The second kappa shape index (κ2) is 11.2. The van der Waals surface area contributed by atoms with Crippen molar-refractivity contribution in [3.63, 3.8) is 0 Å². The number of benzene rings is 2. The molecule has 2 aromatic rings. The van der Waals surface area contributed by atoms with E-state index in [-0.39, 0.29) is 0 Å². The minimum Gasteiger partial charge on any atom is -0.0843 e. The van der Waals surface area contributed by atoms with Gasteiger partial charge in [-0.25, -0.2) is 0 Å². The van der Waals surface area contributed by atoms with Gasteiger partial charge in [0.2, 0.25) is 0 Å². The van der Waals surface area contributed by atoms with Crippen molar-refractivity contribution in [2.24, 2.45) is 17.8 Å². The van der Waals surface area contributed by atoms with E-state index in [9.17, 15) is 0 Å². The van der Waals surface area contributed by atoms with E-state index in [1.807, 2.05) is 24.3 Å². The molecule has 2 saturated carbocycles. The van der Waals surface area contributed by atoms with Crippen LogP contribution in [0.25, 0.3) is 0 Å².